The van der Waals surface area contributed by atoms with Crippen molar-refractivity contribution in [3.05, 3.63) is 11.6 Å². The number of nitrogens with two attached hydrogens (primary N) is 1. The van der Waals surface area contributed by atoms with Gasteiger partial charge in [-0.25, -0.2) is 4.98 Å². The van der Waals surface area contributed by atoms with Gasteiger partial charge in [0.15, 0.2) is 0 Å². The van der Waals surface area contributed by atoms with Crippen LogP contribution in [0.25, 0.3) is 0 Å². The van der Waals surface area contributed by atoms with Crippen LogP contribution in [-0.2, 0) is 0 Å². The molecule has 2 fully saturated rings. The Bertz CT molecular complexity index is 458. The average molecular weight is 288 g/mol. The number of nitrogen functional groups attached to an aromatic ring is 1. The number of hydrogen-bond acceptors (Lipinski definition) is 4. The quantitative estimate of drug-likeness (QED) is 0.829. The van der Waals surface area contributed by atoms with Gasteiger partial charge in [-0.1, -0.05) is 45.4 Å². The molecular formula is C17H28N4. The fourth-order valence-corrected chi connectivity index (χ4v) is 3.85. The summed E-state index contributed by atoms with van der Waals surface area (Å²) in [7, 11) is 0. The van der Waals surface area contributed by atoms with E-state index < -0.39 is 0 Å². The van der Waals surface area contributed by atoms with E-state index in [1.807, 2.05) is 0 Å². The lowest BCUT2D eigenvalue weighted by atomic mass is 9.82. The van der Waals surface area contributed by atoms with Crippen molar-refractivity contribution in [1.82, 2.24) is 15.0 Å². The zero-order valence-corrected chi connectivity index (χ0v) is 13.2. The highest BCUT2D eigenvalue weighted by Crippen LogP contribution is 2.35. The van der Waals surface area contributed by atoms with Crippen LogP contribution in [0.2, 0.25) is 0 Å². The van der Waals surface area contributed by atoms with Crippen LogP contribution in [-0.4, -0.2) is 15.0 Å². The van der Waals surface area contributed by atoms with Gasteiger partial charge in [0.25, 0.3) is 0 Å². The Hall–Kier alpha value is -1.19. The summed E-state index contributed by atoms with van der Waals surface area (Å²) in [5, 5.41) is 0. The molecule has 21 heavy (non-hydrogen) atoms. The molecule has 0 unspecified atom stereocenters. The number of nitrogens with zero attached hydrogens (tertiary/aromatic N) is 3. The molecule has 2 saturated carbocycles. The summed E-state index contributed by atoms with van der Waals surface area (Å²) in [4.78, 5) is 13.8. The van der Waals surface area contributed by atoms with Crippen LogP contribution in [0.15, 0.2) is 0 Å². The van der Waals surface area contributed by atoms with E-state index in [2.05, 4.69) is 16.9 Å². The molecular weight excluding hydrogens is 260 g/mol. The van der Waals surface area contributed by atoms with Crippen LogP contribution in [0.3, 0.4) is 0 Å². The first kappa shape index (κ1) is 14.7. The van der Waals surface area contributed by atoms with E-state index in [-0.39, 0.29) is 0 Å². The zero-order valence-electron chi connectivity index (χ0n) is 13.2. The third-order valence-electron chi connectivity index (χ3n) is 5.29. The van der Waals surface area contributed by atoms with Gasteiger partial charge in [0.1, 0.15) is 11.6 Å². The molecule has 3 rings (SSSR count). The Kier molecular flexibility index (Phi) is 4.71. The van der Waals surface area contributed by atoms with Crippen molar-refractivity contribution >= 4 is 5.95 Å². The van der Waals surface area contributed by atoms with Gasteiger partial charge in [-0.3, -0.25) is 0 Å². The molecule has 2 aliphatic carbocycles. The molecule has 116 valence electrons. The first-order chi connectivity index (χ1) is 10.2. The third kappa shape index (κ3) is 3.72. The molecule has 0 amide bonds. The fraction of sp³-hybridized carbons (Fsp3) is 0.824. The number of hydrogen-bond donors (Lipinski definition) is 1. The van der Waals surface area contributed by atoms with E-state index in [4.69, 9.17) is 10.7 Å². The highest BCUT2D eigenvalue weighted by atomic mass is 15.1. The predicted molar refractivity (Wildman–Crippen MR) is 85.1 cm³/mol. The number of anilines is 1. The second-order valence-electron chi connectivity index (χ2n) is 7.06. The van der Waals surface area contributed by atoms with Crippen molar-refractivity contribution < 1.29 is 0 Å². The summed E-state index contributed by atoms with van der Waals surface area (Å²) in [5.41, 5.74) is 5.98. The molecule has 4 nitrogen and oxygen atoms in total. The van der Waals surface area contributed by atoms with E-state index in [0.717, 1.165) is 17.6 Å². The monoisotopic (exact) mass is 288 g/mol. The minimum atomic E-state index is 0.429. The summed E-state index contributed by atoms with van der Waals surface area (Å²) in [6.45, 7) is 2.34. The van der Waals surface area contributed by atoms with Crippen LogP contribution in [0.4, 0.5) is 5.95 Å². The lowest BCUT2D eigenvalue weighted by molar-refractivity contribution is 0.338. The maximum Gasteiger partial charge on any atom is 0.223 e. The molecule has 1 aromatic heterocycles. The van der Waals surface area contributed by atoms with Crippen LogP contribution in [0.1, 0.15) is 94.6 Å². The van der Waals surface area contributed by atoms with Crippen LogP contribution in [0, 0.1) is 5.92 Å². The molecule has 0 atom stereocenters. The lowest BCUT2D eigenvalue weighted by Gasteiger charge is -2.25. The SMILES string of the molecule is CC1CCC(c2nc(N)nc(C3CCCCCC3)n2)CC1. The molecule has 1 heterocycles. The first-order valence-corrected chi connectivity index (χ1v) is 8.73. The van der Waals surface area contributed by atoms with E-state index in [9.17, 15) is 0 Å². The van der Waals surface area contributed by atoms with Gasteiger partial charge in [-0.2, -0.15) is 9.97 Å². The van der Waals surface area contributed by atoms with E-state index >= 15 is 0 Å². The average Bonchev–Trinajstić information content (AvgIpc) is 2.76. The van der Waals surface area contributed by atoms with Gasteiger partial charge in [0, 0.05) is 11.8 Å². The largest absolute Gasteiger partial charge is 0.368 e. The van der Waals surface area contributed by atoms with Crippen LogP contribution < -0.4 is 5.73 Å². The minimum Gasteiger partial charge on any atom is -0.368 e. The van der Waals surface area contributed by atoms with Gasteiger partial charge in [0.05, 0.1) is 0 Å². The highest BCUT2D eigenvalue weighted by Gasteiger charge is 2.25. The van der Waals surface area contributed by atoms with Gasteiger partial charge in [-0.05, 0) is 31.6 Å². The van der Waals surface area contributed by atoms with Gasteiger partial charge >= 0.3 is 0 Å². The van der Waals surface area contributed by atoms with Crippen molar-refractivity contribution in [2.24, 2.45) is 5.92 Å². The second-order valence-corrected chi connectivity index (χ2v) is 7.06. The fourth-order valence-electron chi connectivity index (χ4n) is 3.85. The van der Waals surface area contributed by atoms with Gasteiger partial charge < -0.3 is 5.73 Å². The Balaban J connectivity index is 1.78. The molecule has 2 N–H and O–H groups in total. The van der Waals surface area contributed by atoms with Gasteiger partial charge in [0.2, 0.25) is 5.95 Å². The topological polar surface area (TPSA) is 64.7 Å². The van der Waals surface area contributed by atoms with E-state index in [1.54, 1.807) is 0 Å². The van der Waals surface area contributed by atoms with Crippen molar-refractivity contribution in [1.29, 1.82) is 0 Å². The van der Waals surface area contributed by atoms with E-state index in [1.165, 1.54) is 64.2 Å². The van der Waals surface area contributed by atoms with Crippen molar-refractivity contribution in [2.45, 2.75) is 83.0 Å². The third-order valence-corrected chi connectivity index (χ3v) is 5.29. The molecule has 0 radical (unpaired) electrons. The van der Waals surface area contributed by atoms with Crippen molar-refractivity contribution in [3.63, 3.8) is 0 Å². The molecule has 4 heteroatoms. The molecule has 0 aliphatic heterocycles. The Morgan fingerprint density at radius 2 is 1.24 bits per heavy atom. The standard InChI is InChI=1S/C17H28N4/c1-12-8-10-14(11-9-12)16-19-15(20-17(18)21-16)13-6-4-2-3-5-7-13/h12-14H,2-11H2,1H3,(H2,18,19,20,21). The Morgan fingerprint density at radius 1 is 0.714 bits per heavy atom. The molecule has 2 aliphatic rings. The number of rotatable bonds is 2. The van der Waals surface area contributed by atoms with Crippen LogP contribution >= 0.6 is 0 Å². The Labute approximate surface area is 128 Å². The summed E-state index contributed by atoms with van der Waals surface area (Å²) >= 11 is 0. The number of aromatic nitrogens is 3. The summed E-state index contributed by atoms with van der Waals surface area (Å²) in [6, 6.07) is 0. The van der Waals surface area contributed by atoms with E-state index in [0.29, 0.717) is 17.8 Å². The highest BCUT2D eigenvalue weighted by molar-refractivity contribution is 5.19. The normalized spacial score (nSPS) is 28.2. The van der Waals surface area contributed by atoms with Crippen LogP contribution in [0.5, 0.6) is 0 Å². The lowest BCUT2D eigenvalue weighted by Crippen LogP contribution is -2.17. The molecule has 0 aromatic carbocycles. The summed E-state index contributed by atoms with van der Waals surface area (Å²) in [5.74, 6) is 4.21. The maximum absolute atomic E-state index is 5.98. The molecule has 0 saturated heterocycles. The van der Waals surface area contributed by atoms with Crippen molar-refractivity contribution in [2.75, 3.05) is 5.73 Å². The molecule has 1 aromatic rings. The first-order valence-electron chi connectivity index (χ1n) is 8.73. The maximum atomic E-state index is 5.98. The molecule has 0 bridgehead atoms. The minimum absolute atomic E-state index is 0.429. The second kappa shape index (κ2) is 6.71. The predicted octanol–water partition coefficient (Wildman–Crippen LogP) is 4.19. The van der Waals surface area contributed by atoms with Gasteiger partial charge in [-0.15, -0.1) is 0 Å². The zero-order chi connectivity index (χ0) is 14.7. The van der Waals surface area contributed by atoms with Crippen molar-refractivity contribution in [3.8, 4) is 0 Å². The smallest absolute Gasteiger partial charge is 0.223 e. The Morgan fingerprint density at radius 3 is 1.81 bits per heavy atom. The summed E-state index contributed by atoms with van der Waals surface area (Å²) < 4.78 is 0. The summed E-state index contributed by atoms with van der Waals surface area (Å²) in [6.07, 6.45) is 12.7. The molecule has 0 spiro atoms.